The maximum atomic E-state index is 13.0. The summed E-state index contributed by atoms with van der Waals surface area (Å²) in [5.74, 6) is -0.691. The normalized spacial score (nSPS) is 10.5. The minimum absolute atomic E-state index is 0.297. The van der Waals surface area contributed by atoms with Gasteiger partial charge in [-0.2, -0.15) is 0 Å². The number of ether oxygens (including phenoxy) is 1. The van der Waals surface area contributed by atoms with Crippen molar-refractivity contribution in [1.82, 2.24) is 4.98 Å². The molecule has 1 aromatic heterocycles. The van der Waals surface area contributed by atoms with Crippen LogP contribution in [0, 0.1) is 5.82 Å². The zero-order valence-corrected chi connectivity index (χ0v) is 12.9. The molecule has 0 radical (unpaired) electrons. The molecule has 22 heavy (non-hydrogen) atoms. The Bertz CT molecular complexity index is 638. The van der Waals surface area contributed by atoms with Gasteiger partial charge < -0.3 is 4.74 Å². The lowest BCUT2D eigenvalue weighted by Gasteiger charge is -2.10. The van der Waals surface area contributed by atoms with Crippen LogP contribution in [0.3, 0.4) is 0 Å². The third-order valence-corrected chi connectivity index (χ3v) is 3.27. The minimum atomic E-state index is -0.394. The van der Waals surface area contributed by atoms with Crippen LogP contribution in [-0.2, 0) is 11.2 Å². The summed E-state index contributed by atoms with van der Waals surface area (Å²) in [6.45, 7) is 4.38. The number of hydrogen-bond donors (Lipinski definition) is 0. The highest BCUT2D eigenvalue weighted by Crippen LogP contribution is 2.21. The Kier molecular flexibility index (Phi) is 5.64. The van der Waals surface area contributed by atoms with Gasteiger partial charge in [0.15, 0.2) is 5.69 Å². The number of aryl methyl sites for hydroxylation is 1. The van der Waals surface area contributed by atoms with E-state index < -0.39 is 5.97 Å². The quantitative estimate of drug-likeness (QED) is 0.742. The average molecular weight is 301 g/mol. The van der Waals surface area contributed by atoms with Crippen molar-refractivity contribution in [3.63, 3.8) is 0 Å². The number of pyridine rings is 1. The van der Waals surface area contributed by atoms with Crippen molar-refractivity contribution in [2.45, 2.75) is 33.1 Å². The second kappa shape index (κ2) is 7.69. The zero-order chi connectivity index (χ0) is 15.9. The van der Waals surface area contributed by atoms with Crippen LogP contribution in [0.2, 0.25) is 0 Å². The second-order valence-electron chi connectivity index (χ2n) is 5.10. The molecular weight excluding hydrogens is 281 g/mol. The molecule has 0 unspecified atom stereocenters. The lowest BCUT2D eigenvalue weighted by molar-refractivity contribution is 0.0497. The van der Waals surface area contributed by atoms with Crippen LogP contribution in [0.15, 0.2) is 36.4 Å². The molecule has 0 fully saturated rings. The second-order valence-corrected chi connectivity index (χ2v) is 5.10. The number of benzene rings is 1. The molecule has 0 aliphatic heterocycles. The van der Waals surface area contributed by atoms with E-state index in [1.54, 1.807) is 12.1 Å². The lowest BCUT2D eigenvalue weighted by Crippen LogP contribution is -2.12. The molecule has 2 aromatic rings. The maximum Gasteiger partial charge on any atom is 0.357 e. The molecule has 0 bridgehead atoms. The minimum Gasteiger partial charge on any atom is -0.461 e. The van der Waals surface area contributed by atoms with Crippen molar-refractivity contribution in [3.05, 3.63) is 53.5 Å². The van der Waals surface area contributed by atoms with E-state index in [0.29, 0.717) is 18.0 Å². The van der Waals surface area contributed by atoms with Crippen molar-refractivity contribution >= 4 is 5.97 Å². The molecule has 0 aliphatic carbocycles. The Hall–Kier alpha value is -2.23. The van der Waals surface area contributed by atoms with Gasteiger partial charge in [0.25, 0.3) is 0 Å². The van der Waals surface area contributed by atoms with Gasteiger partial charge in [-0.15, -0.1) is 0 Å². The Balaban J connectivity index is 2.37. The number of carbonyl (C=O) groups is 1. The lowest BCUT2D eigenvalue weighted by atomic mass is 10.0. The largest absolute Gasteiger partial charge is 0.461 e. The Morgan fingerprint density at radius 1 is 1.09 bits per heavy atom. The van der Waals surface area contributed by atoms with E-state index in [4.69, 9.17) is 4.74 Å². The van der Waals surface area contributed by atoms with Gasteiger partial charge in [-0.1, -0.05) is 26.3 Å². The van der Waals surface area contributed by atoms with E-state index in [9.17, 15) is 9.18 Å². The Morgan fingerprint density at radius 3 is 2.45 bits per heavy atom. The zero-order valence-electron chi connectivity index (χ0n) is 12.9. The molecule has 0 amide bonds. The highest BCUT2D eigenvalue weighted by Gasteiger charge is 2.15. The first-order chi connectivity index (χ1) is 10.7. The molecule has 2 rings (SSSR count). The summed E-state index contributed by atoms with van der Waals surface area (Å²) in [7, 11) is 0. The third-order valence-electron chi connectivity index (χ3n) is 3.27. The van der Waals surface area contributed by atoms with E-state index in [2.05, 4.69) is 11.9 Å². The van der Waals surface area contributed by atoms with Crippen LogP contribution in [0.25, 0.3) is 11.3 Å². The summed E-state index contributed by atoms with van der Waals surface area (Å²) in [4.78, 5) is 16.6. The molecule has 0 aliphatic rings. The number of nitrogens with zero attached hydrogens (tertiary/aromatic N) is 1. The van der Waals surface area contributed by atoms with E-state index >= 15 is 0 Å². The number of rotatable bonds is 6. The highest BCUT2D eigenvalue weighted by atomic mass is 19.1. The van der Waals surface area contributed by atoms with Crippen molar-refractivity contribution < 1.29 is 13.9 Å². The fourth-order valence-corrected chi connectivity index (χ4v) is 2.18. The Morgan fingerprint density at radius 2 is 1.82 bits per heavy atom. The van der Waals surface area contributed by atoms with Crippen LogP contribution >= 0.6 is 0 Å². The number of esters is 1. The molecule has 4 heteroatoms. The van der Waals surface area contributed by atoms with E-state index in [1.807, 2.05) is 19.1 Å². The molecule has 0 saturated heterocycles. The summed E-state index contributed by atoms with van der Waals surface area (Å²) in [6, 6.07) is 9.82. The maximum absolute atomic E-state index is 13.0. The van der Waals surface area contributed by atoms with Gasteiger partial charge in [0.2, 0.25) is 0 Å². The first-order valence-corrected chi connectivity index (χ1v) is 7.58. The summed E-state index contributed by atoms with van der Waals surface area (Å²) < 4.78 is 18.2. The van der Waals surface area contributed by atoms with Gasteiger partial charge in [-0.05, 0) is 48.7 Å². The smallest absolute Gasteiger partial charge is 0.357 e. The topological polar surface area (TPSA) is 39.2 Å². The number of hydrogen-bond acceptors (Lipinski definition) is 3. The van der Waals surface area contributed by atoms with E-state index in [-0.39, 0.29) is 5.82 Å². The standard InChI is InChI=1S/C18H20FNO2/c1-3-5-14-8-11-16(13-6-9-15(19)10-7-13)20-17(14)18(21)22-12-4-2/h6-11H,3-5,12H2,1-2H3. The van der Waals surface area contributed by atoms with Crippen LogP contribution < -0.4 is 0 Å². The molecule has 1 heterocycles. The molecule has 1 aromatic carbocycles. The van der Waals surface area contributed by atoms with E-state index in [1.165, 1.54) is 12.1 Å². The monoisotopic (exact) mass is 301 g/mol. The van der Waals surface area contributed by atoms with Crippen molar-refractivity contribution in [1.29, 1.82) is 0 Å². The van der Waals surface area contributed by atoms with Crippen LogP contribution in [0.1, 0.15) is 42.7 Å². The SMILES string of the molecule is CCCOC(=O)c1nc(-c2ccc(F)cc2)ccc1CCC. The summed E-state index contributed by atoms with van der Waals surface area (Å²) in [5.41, 5.74) is 2.66. The Labute approximate surface area is 130 Å². The van der Waals surface area contributed by atoms with Crippen LogP contribution in [-0.4, -0.2) is 17.6 Å². The summed E-state index contributed by atoms with van der Waals surface area (Å²) in [6.07, 6.45) is 2.46. The van der Waals surface area contributed by atoms with Gasteiger partial charge in [0, 0.05) is 5.56 Å². The first-order valence-electron chi connectivity index (χ1n) is 7.58. The highest BCUT2D eigenvalue weighted by molar-refractivity contribution is 5.89. The molecular formula is C18H20FNO2. The average Bonchev–Trinajstić information content (AvgIpc) is 2.54. The van der Waals surface area contributed by atoms with Gasteiger partial charge in [-0.25, -0.2) is 14.2 Å². The molecule has 116 valence electrons. The molecule has 0 saturated carbocycles. The van der Waals surface area contributed by atoms with Crippen LogP contribution in [0.4, 0.5) is 4.39 Å². The molecule has 0 spiro atoms. The summed E-state index contributed by atoms with van der Waals surface area (Å²) in [5, 5.41) is 0. The van der Waals surface area contributed by atoms with Gasteiger partial charge in [-0.3, -0.25) is 0 Å². The molecule has 3 nitrogen and oxygen atoms in total. The van der Waals surface area contributed by atoms with Gasteiger partial charge in [0.1, 0.15) is 5.82 Å². The van der Waals surface area contributed by atoms with Gasteiger partial charge in [0.05, 0.1) is 12.3 Å². The fraction of sp³-hybridized carbons (Fsp3) is 0.333. The summed E-state index contributed by atoms with van der Waals surface area (Å²) >= 11 is 0. The van der Waals surface area contributed by atoms with Crippen molar-refractivity contribution in [2.75, 3.05) is 6.61 Å². The van der Waals surface area contributed by atoms with Gasteiger partial charge >= 0.3 is 5.97 Å². The predicted octanol–water partition coefficient (Wildman–Crippen LogP) is 4.41. The number of aromatic nitrogens is 1. The fourth-order valence-electron chi connectivity index (χ4n) is 2.18. The molecule has 0 N–H and O–H groups in total. The van der Waals surface area contributed by atoms with Crippen molar-refractivity contribution in [3.8, 4) is 11.3 Å². The van der Waals surface area contributed by atoms with E-state index in [0.717, 1.165) is 30.4 Å². The van der Waals surface area contributed by atoms with Crippen molar-refractivity contribution in [2.24, 2.45) is 0 Å². The van der Waals surface area contributed by atoms with Crippen LogP contribution in [0.5, 0.6) is 0 Å². The number of halogens is 1. The third kappa shape index (κ3) is 3.91. The number of carbonyl (C=O) groups excluding carboxylic acids is 1. The predicted molar refractivity (Wildman–Crippen MR) is 84.2 cm³/mol. The first kappa shape index (κ1) is 16.1. The molecule has 0 atom stereocenters.